The van der Waals surface area contributed by atoms with Crippen LogP contribution in [0.1, 0.15) is 31.7 Å². The Morgan fingerprint density at radius 3 is 2.48 bits per heavy atom. The van der Waals surface area contributed by atoms with Crippen LogP contribution in [-0.4, -0.2) is 83.7 Å². The first-order chi connectivity index (χ1) is 13.1. The molecule has 3 aliphatic rings. The number of fused-ring (bicyclic) bond motifs is 2. The summed E-state index contributed by atoms with van der Waals surface area (Å²) in [5, 5.41) is 10.3. The summed E-state index contributed by atoms with van der Waals surface area (Å²) in [5.74, 6) is 0.274. The lowest BCUT2D eigenvalue weighted by Crippen LogP contribution is -2.51. The van der Waals surface area contributed by atoms with Gasteiger partial charge in [-0.1, -0.05) is 37.3 Å². The minimum Gasteiger partial charge on any atom is -0.396 e. The molecule has 0 radical (unpaired) electrons. The molecule has 0 unspecified atom stereocenters. The van der Waals surface area contributed by atoms with E-state index in [9.17, 15) is 9.90 Å². The fourth-order valence-corrected chi connectivity index (χ4v) is 5.62. The van der Waals surface area contributed by atoms with Crippen molar-refractivity contribution in [3.63, 3.8) is 0 Å². The van der Waals surface area contributed by atoms with Crippen molar-refractivity contribution in [2.75, 3.05) is 45.9 Å². The SMILES string of the molecule is CCN1CCN(CC(=O)N2[C@H]3CC[C@@H]2[C@@](CO)(Cc2ccccc2)C3)CC1. The molecule has 3 heterocycles. The minimum atomic E-state index is -0.166. The van der Waals surface area contributed by atoms with Gasteiger partial charge in [0.1, 0.15) is 0 Å². The average molecular weight is 372 g/mol. The highest BCUT2D eigenvalue weighted by molar-refractivity contribution is 5.80. The van der Waals surface area contributed by atoms with Crippen LogP contribution in [0, 0.1) is 5.41 Å². The van der Waals surface area contributed by atoms with Crippen molar-refractivity contribution in [3.8, 4) is 0 Å². The Hall–Kier alpha value is -1.43. The van der Waals surface area contributed by atoms with Gasteiger partial charge in [-0.05, 0) is 37.8 Å². The Labute approximate surface area is 162 Å². The zero-order valence-corrected chi connectivity index (χ0v) is 16.5. The van der Waals surface area contributed by atoms with E-state index in [0.29, 0.717) is 12.6 Å². The number of aliphatic hydroxyl groups excluding tert-OH is 1. The predicted molar refractivity (Wildman–Crippen MR) is 106 cm³/mol. The number of amides is 1. The molecule has 5 heteroatoms. The van der Waals surface area contributed by atoms with Gasteiger partial charge < -0.3 is 14.9 Å². The van der Waals surface area contributed by atoms with E-state index in [1.807, 2.05) is 6.07 Å². The van der Waals surface area contributed by atoms with Crippen LogP contribution < -0.4 is 0 Å². The molecule has 1 aromatic rings. The highest BCUT2D eigenvalue weighted by atomic mass is 16.3. The molecule has 3 aliphatic heterocycles. The number of benzene rings is 1. The van der Waals surface area contributed by atoms with Gasteiger partial charge in [0.25, 0.3) is 0 Å². The monoisotopic (exact) mass is 371 g/mol. The number of hydrogen-bond donors (Lipinski definition) is 1. The van der Waals surface area contributed by atoms with Gasteiger partial charge in [0.15, 0.2) is 0 Å². The van der Waals surface area contributed by atoms with Crippen molar-refractivity contribution in [2.24, 2.45) is 5.41 Å². The maximum atomic E-state index is 13.2. The molecule has 1 N–H and O–H groups in total. The molecule has 0 saturated carbocycles. The Morgan fingerprint density at radius 2 is 1.81 bits per heavy atom. The molecule has 1 aromatic carbocycles. The van der Waals surface area contributed by atoms with Crippen molar-refractivity contribution in [1.29, 1.82) is 0 Å². The predicted octanol–water partition coefficient (Wildman–Crippen LogP) is 1.61. The molecule has 3 saturated heterocycles. The van der Waals surface area contributed by atoms with E-state index in [0.717, 1.165) is 58.4 Å². The summed E-state index contributed by atoms with van der Waals surface area (Å²) in [6.07, 6.45) is 3.94. The zero-order chi connectivity index (χ0) is 18.9. The summed E-state index contributed by atoms with van der Waals surface area (Å²) in [5.41, 5.74) is 1.10. The molecule has 27 heavy (non-hydrogen) atoms. The maximum Gasteiger partial charge on any atom is 0.237 e. The number of piperazine rings is 1. The van der Waals surface area contributed by atoms with Crippen LogP contribution in [0.5, 0.6) is 0 Å². The molecule has 0 aromatic heterocycles. The van der Waals surface area contributed by atoms with Crippen molar-refractivity contribution in [2.45, 2.75) is 44.7 Å². The van der Waals surface area contributed by atoms with E-state index >= 15 is 0 Å². The minimum absolute atomic E-state index is 0.166. The Morgan fingerprint density at radius 1 is 1.11 bits per heavy atom. The van der Waals surface area contributed by atoms with E-state index in [1.165, 1.54) is 5.56 Å². The molecule has 5 nitrogen and oxygen atoms in total. The van der Waals surface area contributed by atoms with E-state index in [-0.39, 0.29) is 24.0 Å². The van der Waals surface area contributed by atoms with Crippen molar-refractivity contribution >= 4 is 5.91 Å². The number of carbonyl (C=O) groups excluding carboxylic acids is 1. The van der Waals surface area contributed by atoms with E-state index in [2.05, 4.69) is 45.9 Å². The molecule has 2 bridgehead atoms. The Bertz CT molecular complexity index is 644. The quantitative estimate of drug-likeness (QED) is 0.825. The molecule has 148 valence electrons. The summed E-state index contributed by atoms with van der Waals surface area (Å²) in [6, 6.07) is 10.9. The highest BCUT2D eigenvalue weighted by Crippen LogP contribution is 2.51. The molecular formula is C22H33N3O2. The normalized spacial score (nSPS) is 31.6. The third-order valence-electron chi connectivity index (χ3n) is 7.12. The summed E-state index contributed by atoms with van der Waals surface area (Å²) < 4.78 is 0. The molecule has 3 fully saturated rings. The fourth-order valence-electron chi connectivity index (χ4n) is 5.62. The number of aliphatic hydroxyl groups is 1. The maximum absolute atomic E-state index is 13.2. The van der Waals surface area contributed by atoms with Crippen molar-refractivity contribution < 1.29 is 9.90 Å². The highest BCUT2D eigenvalue weighted by Gasteiger charge is 2.56. The van der Waals surface area contributed by atoms with Crippen LogP contribution in [-0.2, 0) is 11.2 Å². The third kappa shape index (κ3) is 3.65. The van der Waals surface area contributed by atoms with Crippen LogP contribution in [0.3, 0.4) is 0 Å². The lowest BCUT2D eigenvalue weighted by Gasteiger charge is -2.37. The second kappa shape index (κ2) is 7.90. The van der Waals surface area contributed by atoms with Crippen LogP contribution in [0.15, 0.2) is 30.3 Å². The standard InChI is InChI=1S/C22H33N3O2/c1-2-23-10-12-24(13-11-23)16-21(27)25-19-8-9-20(25)22(15-19,17-26)14-18-6-4-3-5-7-18/h3-7,19-20,26H,2,8-17H2,1H3/t19-,20+,22-/m0/s1. The lowest BCUT2D eigenvalue weighted by molar-refractivity contribution is -0.135. The number of likely N-dealkylation sites (N-methyl/N-ethyl adjacent to an activating group) is 1. The van der Waals surface area contributed by atoms with Crippen molar-refractivity contribution in [1.82, 2.24) is 14.7 Å². The van der Waals surface area contributed by atoms with E-state index in [1.54, 1.807) is 0 Å². The second-order valence-electron chi connectivity index (χ2n) is 8.65. The fraction of sp³-hybridized carbons (Fsp3) is 0.682. The number of hydrogen-bond acceptors (Lipinski definition) is 4. The average Bonchev–Trinajstić information content (AvgIpc) is 3.25. The van der Waals surface area contributed by atoms with Gasteiger partial charge >= 0.3 is 0 Å². The molecule has 4 rings (SSSR count). The number of nitrogens with zero attached hydrogens (tertiary/aromatic N) is 3. The van der Waals surface area contributed by atoms with Gasteiger partial charge in [-0.15, -0.1) is 0 Å². The van der Waals surface area contributed by atoms with Crippen LogP contribution in [0.25, 0.3) is 0 Å². The summed E-state index contributed by atoms with van der Waals surface area (Å²) in [7, 11) is 0. The van der Waals surface area contributed by atoms with Gasteiger partial charge in [-0.25, -0.2) is 0 Å². The summed E-state index contributed by atoms with van der Waals surface area (Å²) in [4.78, 5) is 20.1. The summed E-state index contributed by atoms with van der Waals surface area (Å²) in [6.45, 7) is 8.09. The number of carbonyl (C=O) groups is 1. The van der Waals surface area contributed by atoms with Gasteiger partial charge in [-0.3, -0.25) is 9.69 Å². The van der Waals surface area contributed by atoms with Gasteiger partial charge in [0.2, 0.25) is 5.91 Å². The number of rotatable bonds is 6. The molecule has 3 atom stereocenters. The van der Waals surface area contributed by atoms with Gasteiger partial charge in [0.05, 0.1) is 13.2 Å². The van der Waals surface area contributed by atoms with Crippen molar-refractivity contribution in [3.05, 3.63) is 35.9 Å². The molecule has 0 aliphatic carbocycles. The first-order valence-corrected chi connectivity index (χ1v) is 10.6. The molecule has 0 spiro atoms. The summed E-state index contributed by atoms with van der Waals surface area (Å²) >= 11 is 0. The molecular weight excluding hydrogens is 338 g/mol. The van der Waals surface area contributed by atoms with Crippen LogP contribution in [0.4, 0.5) is 0 Å². The molecule has 1 amide bonds. The largest absolute Gasteiger partial charge is 0.396 e. The Kier molecular flexibility index (Phi) is 5.53. The zero-order valence-electron chi connectivity index (χ0n) is 16.5. The van der Waals surface area contributed by atoms with Crippen LogP contribution in [0.2, 0.25) is 0 Å². The Balaban J connectivity index is 1.43. The first-order valence-electron chi connectivity index (χ1n) is 10.6. The van der Waals surface area contributed by atoms with Gasteiger partial charge in [-0.2, -0.15) is 0 Å². The van der Waals surface area contributed by atoms with Crippen LogP contribution >= 0.6 is 0 Å². The second-order valence-corrected chi connectivity index (χ2v) is 8.65. The topological polar surface area (TPSA) is 47.0 Å². The van der Waals surface area contributed by atoms with Gasteiger partial charge in [0, 0.05) is 43.7 Å². The third-order valence-corrected chi connectivity index (χ3v) is 7.12. The smallest absolute Gasteiger partial charge is 0.237 e. The first kappa shape index (κ1) is 18.9. The van der Waals surface area contributed by atoms with E-state index < -0.39 is 0 Å². The lowest BCUT2D eigenvalue weighted by atomic mass is 9.70. The van der Waals surface area contributed by atoms with E-state index in [4.69, 9.17) is 0 Å².